The van der Waals surface area contributed by atoms with E-state index in [1.807, 2.05) is 0 Å². The second kappa shape index (κ2) is 4.28. The molecule has 0 aromatic heterocycles. The van der Waals surface area contributed by atoms with Gasteiger partial charge in [-0.25, -0.2) is 0 Å². The molecule has 1 aliphatic carbocycles. The van der Waals surface area contributed by atoms with E-state index in [2.05, 4.69) is 15.5 Å². The van der Waals surface area contributed by atoms with Gasteiger partial charge in [0.1, 0.15) is 0 Å². The predicted molar refractivity (Wildman–Crippen MR) is 55.1 cm³/mol. The topological polar surface area (TPSA) is 44.4 Å². The molecule has 0 bridgehead atoms. The predicted octanol–water partition coefficient (Wildman–Crippen LogP) is -0.441. The molecule has 4 heteroatoms. The molecule has 2 fully saturated rings. The normalized spacial score (nSPS) is 27.9. The molecule has 80 valence electrons. The third kappa shape index (κ3) is 2.45. The van der Waals surface area contributed by atoms with Crippen LogP contribution in [-0.2, 0) is 4.79 Å². The maximum Gasteiger partial charge on any atom is 0.233 e. The molecule has 0 aromatic carbocycles. The van der Waals surface area contributed by atoms with Crippen molar-refractivity contribution in [2.24, 2.45) is 0 Å². The van der Waals surface area contributed by atoms with Gasteiger partial charge in [-0.2, -0.15) is 0 Å². The number of rotatable bonds is 4. The average Bonchev–Trinajstić information content (AvgIpc) is 2.95. The van der Waals surface area contributed by atoms with Crippen LogP contribution in [0.2, 0.25) is 0 Å². The van der Waals surface area contributed by atoms with Gasteiger partial charge in [0.05, 0.1) is 6.54 Å². The van der Waals surface area contributed by atoms with Crippen LogP contribution in [0, 0.1) is 0 Å². The summed E-state index contributed by atoms with van der Waals surface area (Å²) in [6.07, 6.45) is 3.94. The Bertz CT molecular complexity index is 215. The van der Waals surface area contributed by atoms with Crippen LogP contribution in [0.3, 0.4) is 0 Å². The lowest BCUT2D eigenvalue weighted by Gasteiger charge is -2.15. The van der Waals surface area contributed by atoms with Crippen molar-refractivity contribution in [1.82, 2.24) is 15.5 Å². The third-order valence-electron chi connectivity index (χ3n) is 3.11. The lowest BCUT2D eigenvalue weighted by atomic mass is 10.2. The minimum absolute atomic E-state index is 0.0786. The Hall–Kier alpha value is -0.610. The highest BCUT2D eigenvalue weighted by Crippen LogP contribution is 2.29. The Morgan fingerprint density at radius 3 is 2.86 bits per heavy atom. The molecule has 0 aromatic rings. The largest absolute Gasteiger partial charge is 0.358 e. The fourth-order valence-electron chi connectivity index (χ4n) is 2.05. The van der Waals surface area contributed by atoms with Gasteiger partial charge in [0.15, 0.2) is 0 Å². The van der Waals surface area contributed by atoms with Crippen molar-refractivity contribution in [3.05, 3.63) is 0 Å². The summed E-state index contributed by atoms with van der Waals surface area (Å²) in [7, 11) is 1.68. The van der Waals surface area contributed by atoms with Gasteiger partial charge in [-0.15, -0.1) is 0 Å². The second-order valence-corrected chi connectivity index (χ2v) is 4.27. The SMILES string of the molecule is CNC(=O)CNC1CCN(C2CC2)C1. The van der Waals surface area contributed by atoms with Gasteiger partial charge >= 0.3 is 0 Å². The summed E-state index contributed by atoms with van der Waals surface area (Å²) in [6, 6.07) is 1.38. The number of nitrogens with one attached hydrogen (secondary N) is 2. The van der Waals surface area contributed by atoms with Crippen LogP contribution < -0.4 is 10.6 Å². The fraction of sp³-hybridized carbons (Fsp3) is 0.900. The molecule has 14 heavy (non-hydrogen) atoms. The van der Waals surface area contributed by atoms with E-state index < -0.39 is 0 Å². The van der Waals surface area contributed by atoms with Crippen LogP contribution in [0.25, 0.3) is 0 Å². The number of hydrogen-bond acceptors (Lipinski definition) is 3. The maximum absolute atomic E-state index is 11.0. The number of hydrogen-bond donors (Lipinski definition) is 2. The number of nitrogens with zero attached hydrogens (tertiary/aromatic N) is 1. The molecule has 0 spiro atoms. The van der Waals surface area contributed by atoms with Gasteiger partial charge < -0.3 is 10.6 Å². The number of amides is 1. The molecular formula is C10H19N3O. The molecule has 1 saturated heterocycles. The van der Waals surface area contributed by atoms with Crippen molar-refractivity contribution >= 4 is 5.91 Å². The van der Waals surface area contributed by atoms with Crippen LogP contribution in [0.15, 0.2) is 0 Å². The minimum atomic E-state index is 0.0786. The quantitative estimate of drug-likeness (QED) is 0.642. The second-order valence-electron chi connectivity index (χ2n) is 4.27. The lowest BCUT2D eigenvalue weighted by molar-refractivity contribution is -0.119. The Labute approximate surface area is 85.0 Å². The summed E-state index contributed by atoms with van der Waals surface area (Å²) in [4.78, 5) is 13.6. The number of carbonyl (C=O) groups is 1. The van der Waals surface area contributed by atoms with E-state index in [1.165, 1.54) is 25.8 Å². The van der Waals surface area contributed by atoms with E-state index in [4.69, 9.17) is 0 Å². The lowest BCUT2D eigenvalue weighted by Crippen LogP contribution is -2.39. The van der Waals surface area contributed by atoms with Crippen LogP contribution in [0.1, 0.15) is 19.3 Å². The molecule has 1 unspecified atom stereocenters. The van der Waals surface area contributed by atoms with E-state index in [1.54, 1.807) is 7.05 Å². The van der Waals surface area contributed by atoms with Crippen molar-refractivity contribution < 1.29 is 4.79 Å². The van der Waals surface area contributed by atoms with E-state index in [0.29, 0.717) is 12.6 Å². The first-order chi connectivity index (χ1) is 6.79. The van der Waals surface area contributed by atoms with E-state index in [-0.39, 0.29) is 5.91 Å². The van der Waals surface area contributed by atoms with E-state index in [9.17, 15) is 4.79 Å². The molecule has 2 rings (SSSR count). The number of carbonyl (C=O) groups excluding carboxylic acids is 1. The van der Waals surface area contributed by atoms with Crippen LogP contribution >= 0.6 is 0 Å². The van der Waals surface area contributed by atoms with E-state index >= 15 is 0 Å². The number of likely N-dealkylation sites (N-methyl/N-ethyl adjacent to an activating group) is 1. The molecule has 1 amide bonds. The highest BCUT2D eigenvalue weighted by atomic mass is 16.1. The van der Waals surface area contributed by atoms with Crippen molar-refractivity contribution in [2.45, 2.75) is 31.3 Å². The first-order valence-corrected chi connectivity index (χ1v) is 5.47. The minimum Gasteiger partial charge on any atom is -0.358 e. The Balaban J connectivity index is 1.65. The van der Waals surface area contributed by atoms with Crippen LogP contribution in [0.4, 0.5) is 0 Å². The molecule has 0 radical (unpaired) electrons. The summed E-state index contributed by atoms with van der Waals surface area (Å²) in [6.45, 7) is 2.79. The number of likely N-dealkylation sites (tertiary alicyclic amines) is 1. The smallest absolute Gasteiger partial charge is 0.233 e. The van der Waals surface area contributed by atoms with Gasteiger partial charge in [0.2, 0.25) is 5.91 Å². The van der Waals surface area contributed by atoms with Gasteiger partial charge in [0, 0.05) is 32.2 Å². The third-order valence-corrected chi connectivity index (χ3v) is 3.11. The summed E-state index contributed by atoms with van der Waals surface area (Å²) in [5.74, 6) is 0.0786. The molecular weight excluding hydrogens is 178 g/mol. The summed E-state index contributed by atoms with van der Waals surface area (Å²) in [5.41, 5.74) is 0. The standard InChI is InChI=1S/C10H19N3O/c1-11-10(14)6-12-8-4-5-13(7-8)9-2-3-9/h8-9,12H,2-7H2,1H3,(H,11,14). The monoisotopic (exact) mass is 197 g/mol. The zero-order chi connectivity index (χ0) is 9.97. The molecule has 1 saturated carbocycles. The molecule has 1 heterocycles. The van der Waals surface area contributed by atoms with Gasteiger partial charge in [-0.1, -0.05) is 0 Å². The molecule has 1 aliphatic heterocycles. The maximum atomic E-state index is 11.0. The molecule has 2 N–H and O–H groups in total. The van der Waals surface area contributed by atoms with Crippen LogP contribution in [0.5, 0.6) is 0 Å². The van der Waals surface area contributed by atoms with Gasteiger partial charge in [-0.3, -0.25) is 9.69 Å². The zero-order valence-corrected chi connectivity index (χ0v) is 8.75. The van der Waals surface area contributed by atoms with Crippen LogP contribution in [-0.4, -0.2) is 49.6 Å². The zero-order valence-electron chi connectivity index (χ0n) is 8.75. The molecule has 1 atom stereocenters. The summed E-state index contributed by atoms with van der Waals surface area (Å²) >= 11 is 0. The first-order valence-electron chi connectivity index (χ1n) is 5.47. The first kappa shape index (κ1) is 9.93. The average molecular weight is 197 g/mol. The summed E-state index contributed by atoms with van der Waals surface area (Å²) in [5, 5.41) is 5.91. The van der Waals surface area contributed by atoms with Gasteiger partial charge in [-0.05, 0) is 19.3 Å². The van der Waals surface area contributed by atoms with Crippen molar-refractivity contribution in [3.63, 3.8) is 0 Å². The summed E-state index contributed by atoms with van der Waals surface area (Å²) < 4.78 is 0. The Kier molecular flexibility index (Phi) is 3.03. The highest BCUT2D eigenvalue weighted by molar-refractivity contribution is 5.77. The molecule has 2 aliphatic rings. The Morgan fingerprint density at radius 1 is 1.43 bits per heavy atom. The van der Waals surface area contributed by atoms with Crippen molar-refractivity contribution in [1.29, 1.82) is 0 Å². The van der Waals surface area contributed by atoms with E-state index in [0.717, 1.165) is 12.6 Å². The van der Waals surface area contributed by atoms with Crippen molar-refractivity contribution in [2.75, 3.05) is 26.7 Å². The van der Waals surface area contributed by atoms with Crippen molar-refractivity contribution in [3.8, 4) is 0 Å². The highest BCUT2D eigenvalue weighted by Gasteiger charge is 2.34. The molecule has 4 nitrogen and oxygen atoms in total. The van der Waals surface area contributed by atoms with Gasteiger partial charge in [0.25, 0.3) is 0 Å². The Morgan fingerprint density at radius 2 is 2.21 bits per heavy atom. The fourth-order valence-corrected chi connectivity index (χ4v) is 2.05.